The zero-order valence-electron chi connectivity index (χ0n) is 11.3. The Morgan fingerprint density at radius 2 is 2.00 bits per heavy atom. The maximum Gasteiger partial charge on any atom is 0.321 e. The van der Waals surface area contributed by atoms with E-state index in [-0.39, 0.29) is 18.5 Å². The Bertz CT molecular complexity index is 456. The van der Waals surface area contributed by atoms with E-state index in [2.05, 4.69) is 10.6 Å². The summed E-state index contributed by atoms with van der Waals surface area (Å²) in [6, 6.07) is 3.41. The van der Waals surface area contributed by atoms with Gasteiger partial charge in [-0.2, -0.15) is 4.57 Å². The number of nitrogens with one attached hydrogen (secondary N) is 2. The van der Waals surface area contributed by atoms with Gasteiger partial charge in [-0.15, -0.1) is 0 Å². The molecule has 0 saturated heterocycles. The van der Waals surface area contributed by atoms with E-state index in [1.54, 1.807) is 0 Å². The Labute approximate surface area is 107 Å². The SMILES string of the molecule is Cc1ccc[n+](CC(=O)NC(=O)NC(C)C)c1C. The summed E-state index contributed by atoms with van der Waals surface area (Å²) in [6.45, 7) is 7.73. The number of hydrogen-bond acceptors (Lipinski definition) is 2. The first kappa shape index (κ1) is 14.2. The minimum atomic E-state index is -0.457. The maximum absolute atomic E-state index is 11.7. The number of aromatic nitrogens is 1. The Morgan fingerprint density at radius 1 is 1.33 bits per heavy atom. The van der Waals surface area contributed by atoms with Gasteiger partial charge in [0.05, 0.1) is 0 Å². The van der Waals surface area contributed by atoms with E-state index < -0.39 is 6.03 Å². The van der Waals surface area contributed by atoms with Crippen molar-refractivity contribution in [3.8, 4) is 0 Å². The highest BCUT2D eigenvalue weighted by Crippen LogP contribution is 1.98. The minimum absolute atomic E-state index is 0.00570. The van der Waals surface area contributed by atoms with E-state index in [1.807, 2.05) is 50.6 Å². The van der Waals surface area contributed by atoms with E-state index in [4.69, 9.17) is 0 Å². The standard InChI is InChI=1S/C13H19N3O2/c1-9(2)14-13(18)15-12(17)8-16-7-5-6-10(3)11(16)4/h5-7,9H,8H2,1-4H3,(H-,14,15,17,18)/p+1. The first-order valence-electron chi connectivity index (χ1n) is 5.96. The highest BCUT2D eigenvalue weighted by Gasteiger charge is 2.16. The second-order valence-electron chi connectivity index (χ2n) is 4.58. The monoisotopic (exact) mass is 250 g/mol. The molecule has 3 amide bonds. The molecule has 2 N–H and O–H groups in total. The number of aryl methyl sites for hydroxylation is 1. The fourth-order valence-corrected chi connectivity index (χ4v) is 1.54. The van der Waals surface area contributed by atoms with Crippen LogP contribution in [0, 0.1) is 13.8 Å². The smallest absolute Gasteiger partial charge is 0.321 e. The minimum Gasteiger partial charge on any atom is -0.336 e. The molecule has 0 bridgehead atoms. The molecule has 0 aliphatic heterocycles. The molecule has 98 valence electrons. The van der Waals surface area contributed by atoms with Gasteiger partial charge in [0, 0.05) is 24.6 Å². The van der Waals surface area contributed by atoms with Crippen LogP contribution in [0.3, 0.4) is 0 Å². The molecule has 1 aromatic heterocycles. The average Bonchev–Trinajstić information content (AvgIpc) is 2.23. The van der Waals surface area contributed by atoms with Gasteiger partial charge in [-0.1, -0.05) is 0 Å². The molecule has 0 radical (unpaired) electrons. The molecule has 5 heteroatoms. The van der Waals surface area contributed by atoms with Crippen LogP contribution in [0.2, 0.25) is 0 Å². The van der Waals surface area contributed by atoms with Crippen molar-refractivity contribution in [2.24, 2.45) is 0 Å². The lowest BCUT2D eigenvalue weighted by Crippen LogP contribution is -2.49. The van der Waals surface area contributed by atoms with Crippen molar-refractivity contribution in [3.05, 3.63) is 29.6 Å². The van der Waals surface area contributed by atoms with E-state index in [0.717, 1.165) is 11.3 Å². The third-order valence-electron chi connectivity index (χ3n) is 2.60. The van der Waals surface area contributed by atoms with Gasteiger partial charge in [0.15, 0.2) is 11.9 Å². The van der Waals surface area contributed by atoms with Gasteiger partial charge in [-0.3, -0.25) is 10.1 Å². The number of imide groups is 1. The molecular weight excluding hydrogens is 230 g/mol. The molecule has 0 saturated carbocycles. The van der Waals surface area contributed by atoms with Crippen LogP contribution >= 0.6 is 0 Å². The summed E-state index contributed by atoms with van der Waals surface area (Å²) in [4.78, 5) is 23.0. The molecule has 0 aromatic carbocycles. The van der Waals surface area contributed by atoms with Gasteiger partial charge in [0.1, 0.15) is 0 Å². The molecule has 1 rings (SSSR count). The number of pyridine rings is 1. The number of carbonyl (C=O) groups excluding carboxylic acids is 2. The van der Waals surface area contributed by atoms with Crippen LogP contribution in [-0.2, 0) is 11.3 Å². The van der Waals surface area contributed by atoms with E-state index in [0.29, 0.717) is 0 Å². The van der Waals surface area contributed by atoms with Crippen LogP contribution < -0.4 is 15.2 Å². The van der Waals surface area contributed by atoms with E-state index in [9.17, 15) is 9.59 Å². The van der Waals surface area contributed by atoms with Crippen molar-refractivity contribution in [2.45, 2.75) is 40.3 Å². The normalized spacial score (nSPS) is 10.3. The Balaban J connectivity index is 2.60. The third-order valence-corrected chi connectivity index (χ3v) is 2.60. The zero-order chi connectivity index (χ0) is 13.7. The van der Waals surface area contributed by atoms with Crippen LogP contribution in [0.5, 0.6) is 0 Å². The number of rotatable bonds is 3. The van der Waals surface area contributed by atoms with Crippen LogP contribution in [0.25, 0.3) is 0 Å². The summed E-state index contributed by atoms with van der Waals surface area (Å²) in [5.41, 5.74) is 2.12. The Kier molecular flexibility index (Phi) is 4.83. The van der Waals surface area contributed by atoms with Crippen molar-refractivity contribution < 1.29 is 14.2 Å². The van der Waals surface area contributed by atoms with Crippen LogP contribution in [0.15, 0.2) is 18.3 Å². The van der Waals surface area contributed by atoms with Crippen molar-refractivity contribution >= 4 is 11.9 Å². The molecule has 1 heterocycles. The molecule has 0 aliphatic rings. The second kappa shape index (κ2) is 6.14. The van der Waals surface area contributed by atoms with Gasteiger partial charge < -0.3 is 5.32 Å². The van der Waals surface area contributed by atoms with Crippen LogP contribution in [-0.4, -0.2) is 18.0 Å². The van der Waals surface area contributed by atoms with Gasteiger partial charge >= 0.3 is 6.03 Å². The summed E-state index contributed by atoms with van der Waals surface area (Å²) < 4.78 is 1.81. The number of hydrogen-bond donors (Lipinski definition) is 2. The highest BCUT2D eigenvalue weighted by molar-refractivity contribution is 5.93. The summed E-state index contributed by atoms with van der Waals surface area (Å²) in [6.07, 6.45) is 1.82. The molecule has 0 spiro atoms. The second-order valence-corrected chi connectivity index (χ2v) is 4.58. The zero-order valence-corrected chi connectivity index (χ0v) is 11.3. The van der Waals surface area contributed by atoms with E-state index >= 15 is 0 Å². The predicted molar refractivity (Wildman–Crippen MR) is 67.9 cm³/mol. The topological polar surface area (TPSA) is 62.1 Å². The largest absolute Gasteiger partial charge is 0.336 e. The van der Waals surface area contributed by atoms with Gasteiger partial charge in [-0.05, 0) is 26.8 Å². The first-order chi connectivity index (χ1) is 8.40. The average molecular weight is 250 g/mol. The van der Waals surface area contributed by atoms with Crippen molar-refractivity contribution in [1.82, 2.24) is 10.6 Å². The van der Waals surface area contributed by atoms with Crippen molar-refractivity contribution in [1.29, 1.82) is 0 Å². The number of carbonyl (C=O) groups is 2. The predicted octanol–water partition coefficient (Wildman–Crippen LogP) is 0.825. The Morgan fingerprint density at radius 3 is 2.61 bits per heavy atom. The summed E-state index contributed by atoms with van der Waals surface area (Å²) in [5.74, 6) is -0.327. The van der Waals surface area contributed by atoms with Crippen molar-refractivity contribution in [2.75, 3.05) is 0 Å². The fraction of sp³-hybridized carbons (Fsp3) is 0.462. The first-order valence-corrected chi connectivity index (χ1v) is 5.96. The van der Waals surface area contributed by atoms with Gasteiger partial charge in [-0.25, -0.2) is 4.79 Å². The molecule has 18 heavy (non-hydrogen) atoms. The quantitative estimate of drug-likeness (QED) is 0.780. The molecule has 0 unspecified atom stereocenters. The fourth-order valence-electron chi connectivity index (χ4n) is 1.54. The van der Waals surface area contributed by atoms with Crippen molar-refractivity contribution in [3.63, 3.8) is 0 Å². The summed E-state index contributed by atoms with van der Waals surface area (Å²) in [7, 11) is 0. The van der Waals surface area contributed by atoms with Crippen LogP contribution in [0.4, 0.5) is 4.79 Å². The highest BCUT2D eigenvalue weighted by atomic mass is 16.2. The van der Waals surface area contributed by atoms with Crippen LogP contribution in [0.1, 0.15) is 25.1 Å². The number of amides is 3. The third kappa shape index (κ3) is 4.16. The lowest BCUT2D eigenvalue weighted by Gasteiger charge is -2.08. The molecule has 1 aromatic rings. The summed E-state index contributed by atoms with van der Waals surface area (Å²) in [5, 5.41) is 4.90. The van der Waals surface area contributed by atoms with Gasteiger partial charge in [0.2, 0.25) is 6.54 Å². The molecular formula is C13H20N3O2+. The number of urea groups is 1. The molecule has 0 fully saturated rings. The lowest BCUT2D eigenvalue weighted by atomic mass is 10.2. The molecule has 0 atom stereocenters. The lowest BCUT2D eigenvalue weighted by molar-refractivity contribution is -0.690. The number of nitrogens with zero attached hydrogens (tertiary/aromatic N) is 1. The van der Waals surface area contributed by atoms with Gasteiger partial charge in [0.25, 0.3) is 5.91 Å². The summed E-state index contributed by atoms with van der Waals surface area (Å²) >= 11 is 0. The molecule has 5 nitrogen and oxygen atoms in total. The Hall–Kier alpha value is -1.91. The molecule has 0 aliphatic carbocycles. The maximum atomic E-state index is 11.7. The van der Waals surface area contributed by atoms with E-state index in [1.165, 1.54) is 0 Å².